The monoisotopic (exact) mass is 267 g/mol. The first-order valence-corrected chi connectivity index (χ1v) is 6.58. The summed E-state index contributed by atoms with van der Waals surface area (Å²) in [6.45, 7) is 6.81. The largest absolute Gasteiger partial charge is 0.329 e. The summed E-state index contributed by atoms with van der Waals surface area (Å²) >= 11 is 0. The van der Waals surface area contributed by atoms with Crippen LogP contribution < -0.4 is 5.32 Å². The molecule has 1 aromatic heterocycles. The average molecular weight is 267 g/mol. The maximum Gasteiger partial charge on any atom is 0.161 e. The molecule has 1 aromatic carbocycles. The number of aromatic nitrogens is 2. The quantitative estimate of drug-likeness (QED) is 0.815. The lowest BCUT2D eigenvalue weighted by molar-refractivity contribution is 0.509. The molecule has 0 bridgehead atoms. The van der Waals surface area contributed by atoms with Crippen LogP contribution in [0.2, 0.25) is 0 Å². The molecular weight excluding hydrogens is 248 g/mol. The average Bonchev–Trinajstić information content (AvgIpc) is 2.72. The number of nitrogens with one attached hydrogen (secondary N) is 1. The van der Waals surface area contributed by atoms with Crippen molar-refractivity contribution < 1.29 is 8.78 Å². The van der Waals surface area contributed by atoms with Crippen LogP contribution in [0.5, 0.6) is 0 Å². The van der Waals surface area contributed by atoms with Gasteiger partial charge in [-0.15, -0.1) is 0 Å². The molecule has 0 aliphatic carbocycles. The molecule has 1 N–H and O–H groups in total. The van der Waals surface area contributed by atoms with Crippen molar-refractivity contribution in [2.45, 2.75) is 26.8 Å². The molecule has 0 fully saturated rings. The molecule has 2 rings (SSSR count). The van der Waals surface area contributed by atoms with Gasteiger partial charge in [0.1, 0.15) is 0 Å². The Hall–Kier alpha value is -1.49. The Morgan fingerprint density at radius 3 is 2.68 bits per heavy atom. The minimum atomic E-state index is -0.854. The lowest BCUT2D eigenvalue weighted by Crippen LogP contribution is -2.21. The van der Waals surface area contributed by atoms with Crippen molar-refractivity contribution in [2.24, 2.45) is 5.92 Å². The van der Waals surface area contributed by atoms with Gasteiger partial charge in [-0.25, -0.2) is 13.8 Å². The molecule has 0 radical (unpaired) electrons. The number of imidazole rings is 1. The van der Waals surface area contributed by atoms with E-state index in [4.69, 9.17) is 0 Å². The summed E-state index contributed by atoms with van der Waals surface area (Å²) in [6.07, 6.45) is 2.75. The highest BCUT2D eigenvalue weighted by atomic mass is 19.2. The summed E-state index contributed by atoms with van der Waals surface area (Å²) in [4.78, 5) is 4.08. The number of nitrogens with zero attached hydrogens (tertiary/aromatic N) is 2. The third-order valence-electron chi connectivity index (χ3n) is 3.09. The van der Waals surface area contributed by atoms with Crippen LogP contribution >= 0.6 is 0 Å². The van der Waals surface area contributed by atoms with Gasteiger partial charge in [0.15, 0.2) is 11.6 Å². The van der Waals surface area contributed by atoms with Gasteiger partial charge in [0.05, 0.1) is 17.4 Å². The normalized spacial score (nSPS) is 11.6. The molecule has 5 heteroatoms. The van der Waals surface area contributed by atoms with Gasteiger partial charge in [-0.1, -0.05) is 13.8 Å². The van der Waals surface area contributed by atoms with E-state index in [2.05, 4.69) is 24.1 Å². The Morgan fingerprint density at radius 2 is 1.95 bits per heavy atom. The number of fused-ring (bicyclic) bond motifs is 1. The third kappa shape index (κ3) is 3.50. The fourth-order valence-corrected chi connectivity index (χ4v) is 1.95. The van der Waals surface area contributed by atoms with E-state index in [0.29, 0.717) is 23.5 Å². The van der Waals surface area contributed by atoms with Crippen molar-refractivity contribution in [3.8, 4) is 0 Å². The van der Waals surface area contributed by atoms with Gasteiger partial charge >= 0.3 is 0 Å². The van der Waals surface area contributed by atoms with Crippen LogP contribution in [0.15, 0.2) is 18.5 Å². The molecule has 0 amide bonds. The van der Waals surface area contributed by atoms with Gasteiger partial charge in [-0.05, 0) is 18.9 Å². The van der Waals surface area contributed by atoms with E-state index in [1.807, 2.05) is 4.57 Å². The summed E-state index contributed by atoms with van der Waals surface area (Å²) in [7, 11) is 0. The van der Waals surface area contributed by atoms with Crippen LogP contribution in [0.4, 0.5) is 8.78 Å². The molecule has 0 aliphatic rings. The molecular formula is C14H19F2N3. The summed E-state index contributed by atoms with van der Waals surface area (Å²) in [6, 6.07) is 2.33. The van der Waals surface area contributed by atoms with E-state index in [0.717, 1.165) is 25.6 Å². The molecule has 19 heavy (non-hydrogen) atoms. The molecule has 0 unspecified atom stereocenters. The van der Waals surface area contributed by atoms with Gasteiger partial charge in [0.25, 0.3) is 0 Å². The first-order chi connectivity index (χ1) is 9.08. The van der Waals surface area contributed by atoms with Gasteiger partial charge in [0, 0.05) is 25.2 Å². The van der Waals surface area contributed by atoms with E-state index in [-0.39, 0.29) is 0 Å². The van der Waals surface area contributed by atoms with E-state index in [1.54, 1.807) is 6.33 Å². The second-order valence-electron chi connectivity index (χ2n) is 5.13. The Bertz CT molecular complexity index is 549. The van der Waals surface area contributed by atoms with Gasteiger partial charge < -0.3 is 9.88 Å². The molecule has 2 aromatic rings. The van der Waals surface area contributed by atoms with E-state index < -0.39 is 11.6 Å². The number of hydrogen-bond acceptors (Lipinski definition) is 2. The molecule has 0 spiro atoms. The first kappa shape index (κ1) is 13.9. The highest BCUT2D eigenvalue weighted by molar-refractivity contribution is 5.75. The number of rotatable bonds is 6. The van der Waals surface area contributed by atoms with Crippen LogP contribution in [-0.2, 0) is 6.54 Å². The molecule has 1 heterocycles. The predicted molar refractivity (Wildman–Crippen MR) is 72.0 cm³/mol. The summed E-state index contributed by atoms with van der Waals surface area (Å²) in [5.74, 6) is -1.01. The molecule has 104 valence electrons. The van der Waals surface area contributed by atoms with Gasteiger partial charge in [0.2, 0.25) is 0 Å². The second kappa shape index (κ2) is 6.10. The molecule has 0 saturated heterocycles. The number of benzene rings is 1. The fraction of sp³-hybridized carbons (Fsp3) is 0.500. The van der Waals surface area contributed by atoms with Crippen LogP contribution in [-0.4, -0.2) is 22.6 Å². The highest BCUT2D eigenvalue weighted by Crippen LogP contribution is 2.17. The summed E-state index contributed by atoms with van der Waals surface area (Å²) in [5.41, 5.74) is 1.12. The van der Waals surface area contributed by atoms with Crippen LogP contribution in [0, 0.1) is 17.6 Å². The van der Waals surface area contributed by atoms with E-state index >= 15 is 0 Å². The zero-order valence-electron chi connectivity index (χ0n) is 11.3. The Kier molecular flexibility index (Phi) is 4.47. The summed E-state index contributed by atoms with van der Waals surface area (Å²) in [5, 5.41) is 3.33. The molecule has 3 nitrogen and oxygen atoms in total. The van der Waals surface area contributed by atoms with Crippen molar-refractivity contribution in [2.75, 3.05) is 13.1 Å². The van der Waals surface area contributed by atoms with Crippen molar-refractivity contribution in [3.05, 3.63) is 30.1 Å². The van der Waals surface area contributed by atoms with Crippen molar-refractivity contribution in [1.82, 2.24) is 14.9 Å². The summed E-state index contributed by atoms with van der Waals surface area (Å²) < 4.78 is 28.1. The van der Waals surface area contributed by atoms with Gasteiger partial charge in [-0.2, -0.15) is 0 Å². The van der Waals surface area contributed by atoms with Crippen LogP contribution in [0.25, 0.3) is 11.0 Å². The fourth-order valence-electron chi connectivity index (χ4n) is 1.95. The molecule has 0 aliphatic heterocycles. The van der Waals surface area contributed by atoms with Gasteiger partial charge in [-0.3, -0.25) is 0 Å². The smallest absolute Gasteiger partial charge is 0.161 e. The standard InChI is InChI=1S/C14H19F2N3/c1-10(2)3-4-17-5-6-19-9-18-13-7-11(15)12(16)8-14(13)19/h7-10,17H,3-6H2,1-2H3. The van der Waals surface area contributed by atoms with Crippen LogP contribution in [0.3, 0.4) is 0 Å². The maximum absolute atomic E-state index is 13.2. The molecule has 0 atom stereocenters. The minimum Gasteiger partial charge on any atom is -0.329 e. The lowest BCUT2D eigenvalue weighted by atomic mass is 10.1. The predicted octanol–water partition coefficient (Wildman–Crippen LogP) is 2.95. The van der Waals surface area contributed by atoms with Crippen molar-refractivity contribution in [1.29, 1.82) is 0 Å². The van der Waals surface area contributed by atoms with Crippen LogP contribution in [0.1, 0.15) is 20.3 Å². The zero-order valence-corrected chi connectivity index (χ0v) is 11.3. The third-order valence-corrected chi connectivity index (χ3v) is 3.09. The van der Waals surface area contributed by atoms with Crippen molar-refractivity contribution in [3.63, 3.8) is 0 Å². The Morgan fingerprint density at radius 1 is 1.21 bits per heavy atom. The Labute approximate surface area is 111 Å². The van der Waals surface area contributed by atoms with E-state index in [1.165, 1.54) is 6.07 Å². The molecule has 0 saturated carbocycles. The number of hydrogen-bond donors (Lipinski definition) is 1. The first-order valence-electron chi connectivity index (χ1n) is 6.58. The second-order valence-corrected chi connectivity index (χ2v) is 5.13. The number of halogens is 2. The zero-order chi connectivity index (χ0) is 13.8. The SMILES string of the molecule is CC(C)CCNCCn1cnc2cc(F)c(F)cc21. The van der Waals surface area contributed by atoms with E-state index in [9.17, 15) is 8.78 Å². The lowest BCUT2D eigenvalue weighted by Gasteiger charge is -2.08. The minimum absolute atomic E-state index is 0.487. The Balaban J connectivity index is 1.96. The highest BCUT2D eigenvalue weighted by Gasteiger charge is 2.08. The van der Waals surface area contributed by atoms with Crippen molar-refractivity contribution >= 4 is 11.0 Å². The topological polar surface area (TPSA) is 29.9 Å². The maximum atomic E-state index is 13.2.